The highest BCUT2D eigenvalue weighted by Crippen LogP contribution is 2.20. The normalized spacial score (nSPS) is 11.5. The van der Waals surface area contributed by atoms with Gasteiger partial charge in [0, 0.05) is 36.9 Å². The number of amides is 1. The van der Waals surface area contributed by atoms with Crippen LogP contribution in [0.2, 0.25) is 0 Å². The molecule has 16 nitrogen and oxygen atoms in total. The van der Waals surface area contributed by atoms with E-state index < -0.39 is 28.8 Å². The molecule has 216 valence electrons. The van der Waals surface area contributed by atoms with E-state index in [1.165, 1.54) is 36.4 Å². The van der Waals surface area contributed by atoms with Crippen molar-refractivity contribution >= 4 is 52.2 Å². The Morgan fingerprint density at radius 2 is 1.76 bits per heavy atom. The van der Waals surface area contributed by atoms with E-state index in [-0.39, 0.29) is 47.3 Å². The van der Waals surface area contributed by atoms with Gasteiger partial charge in [-0.15, -0.1) is 0 Å². The Bertz CT molecular complexity index is 1650. The lowest BCUT2D eigenvalue weighted by atomic mass is 10.1. The smallest absolute Gasteiger partial charge is 0.326 e. The molecule has 1 amide bonds. The molecule has 0 fully saturated rings. The van der Waals surface area contributed by atoms with Crippen LogP contribution >= 0.6 is 0 Å². The molecule has 0 aliphatic heterocycles. The predicted molar refractivity (Wildman–Crippen MR) is 149 cm³/mol. The maximum absolute atomic E-state index is 12.7. The van der Waals surface area contributed by atoms with Gasteiger partial charge in [0.2, 0.25) is 5.95 Å². The molecule has 4 rings (SSSR count). The van der Waals surface area contributed by atoms with Crippen molar-refractivity contribution in [2.45, 2.75) is 25.4 Å². The second-order valence-electron chi connectivity index (χ2n) is 9.03. The third-order valence-electron chi connectivity index (χ3n) is 5.99. The monoisotopic (exact) mass is 575 g/mol. The number of nitrogens with two attached hydrogens (primary N) is 2. The van der Waals surface area contributed by atoms with Gasteiger partial charge >= 0.3 is 11.9 Å². The number of carboxylic acid groups (broad SMARTS) is 1. The molecule has 0 aliphatic rings. The molecule has 0 unspecified atom stereocenters. The van der Waals surface area contributed by atoms with E-state index in [1.807, 2.05) is 4.90 Å². The van der Waals surface area contributed by atoms with Gasteiger partial charge in [-0.3, -0.25) is 19.7 Å². The zero-order chi connectivity index (χ0) is 30.4. The molecule has 2 aromatic heterocycles. The Morgan fingerprint density at radius 1 is 1.07 bits per heavy atom. The maximum atomic E-state index is 12.7. The number of rotatable bonds is 11. The molecule has 6 N–H and O–H groups in total. The first-order valence-electron chi connectivity index (χ1n) is 12.3. The summed E-state index contributed by atoms with van der Waals surface area (Å²) in [6.07, 6.45) is 0.990. The molecule has 1 atom stereocenters. The second kappa shape index (κ2) is 12.5. The van der Waals surface area contributed by atoms with E-state index in [2.05, 4.69) is 25.3 Å². The first-order valence-corrected chi connectivity index (χ1v) is 12.3. The number of nitrogen functional groups attached to an aromatic ring is 2. The number of carbonyl (C=O) groups excluding carboxylic acids is 2. The van der Waals surface area contributed by atoms with Crippen molar-refractivity contribution in [1.29, 1.82) is 0 Å². The number of fused-ring (bicyclic) bond motifs is 1. The van der Waals surface area contributed by atoms with E-state index in [1.54, 1.807) is 25.4 Å². The van der Waals surface area contributed by atoms with Crippen molar-refractivity contribution in [2.75, 3.05) is 23.4 Å². The van der Waals surface area contributed by atoms with Gasteiger partial charge in [-0.25, -0.2) is 14.8 Å². The van der Waals surface area contributed by atoms with Gasteiger partial charge in [0.25, 0.3) is 11.6 Å². The number of aromatic nitrogens is 4. The van der Waals surface area contributed by atoms with Gasteiger partial charge in [0.05, 0.1) is 23.4 Å². The number of hydrogen-bond donors (Lipinski definition) is 4. The van der Waals surface area contributed by atoms with Gasteiger partial charge in [-0.05, 0) is 42.8 Å². The van der Waals surface area contributed by atoms with Crippen LogP contribution in [0.15, 0.2) is 54.7 Å². The number of aliphatic carboxylic acids is 1. The minimum Gasteiger partial charge on any atom is -0.480 e. The SMILES string of the molecule is CN(Cc1cnc2nc(N)nc(N)c2n1)c1ccc(C(=O)N[C@@H](CCC(=O)Oc2ccc([N+](=O)[O-])cc2)C(=O)O)cc1. The fourth-order valence-electron chi connectivity index (χ4n) is 3.84. The molecule has 16 heteroatoms. The number of esters is 1. The fourth-order valence-corrected chi connectivity index (χ4v) is 3.84. The zero-order valence-corrected chi connectivity index (χ0v) is 22.1. The first kappa shape index (κ1) is 29.1. The summed E-state index contributed by atoms with van der Waals surface area (Å²) in [5, 5.41) is 22.7. The van der Waals surface area contributed by atoms with Crippen molar-refractivity contribution in [3.8, 4) is 5.75 Å². The van der Waals surface area contributed by atoms with Gasteiger partial charge in [0.1, 0.15) is 11.8 Å². The van der Waals surface area contributed by atoms with E-state index in [9.17, 15) is 29.6 Å². The third kappa shape index (κ3) is 7.17. The zero-order valence-electron chi connectivity index (χ0n) is 22.1. The van der Waals surface area contributed by atoms with Crippen LogP contribution in [0, 0.1) is 10.1 Å². The molecule has 0 bridgehead atoms. The molecular formula is C26H25N9O7. The number of nitrogens with one attached hydrogen (secondary N) is 1. The molecule has 0 radical (unpaired) electrons. The van der Waals surface area contributed by atoms with Crippen LogP contribution in [0.1, 0.15) is 28.9 Å². The number of nitro groups is 1. The molecule has 0 aliphatic carbocycles. The van der Waals surface area contributed by atoms with Crippen molar-refractivity contribution in [2.24, 2.45) is 0 Å². The van der Waals surface area contributed by atoms with Crippen molar-refractivity contribution < 1.29 is 29.2 Å². The van der Waals surface area contributed by atoms with E-state index in [0.717, 1.165) is 5.69 Å². The molecular weight excluding hydrogens is 550 g/mol. The third-order valence-corrected chi connectivity index (χ3v) is 5.99. The second-order valence-corrected chi connectivity index (χ2v) is 9.03. The summed E-state index contributed by atoms with van der Waals surface area (Å²) in [6.45, 7) is 0.343. The summed E-state index contributed by atoms with van der Waals surface area (Å²) < 4.78 is 5.08. The summed E-state index contributed by atoms with van der Waals surface area (Å²) in [6, 6.07) is 9.92. The van der Waals surface area contributed by atoms with Gasteiger partial charge in [-0.1, -0.05) is 0 Å². The molecule has 2 aromatic carbocycles. The Balaban J connectivity index is 1.32. The topological polar surface area (TPSA) is 243 Å². The number of nitro benzene ring substituents is 1. The minimum atomic E-state index is -1.36. The van der Waals surface area contributed by atoms with Crippen LogP contribution in [0.5, 0.6) is 5.75 Å². The molecule has 42 heavy (non-hydrogen) atoms. The Morgan fingerprint density at radius 3 is 2.40 bits per heavy atom. The van der Waals surface area contributed by atoms with Crippen molar-refractivity contribution in [3.63, 3.8) is 0 Å². The average Bonchev–Trinajstić information content (AvgIpc) is 2.95. The molecule has 0 spiro atoms. The van der Waals surface area contributed by atoms with Gasteiger partial charge in [0.15, 0.2) is 17.0 Å². The van der Waals surface area contributed by atoms with Gasteiger partial charge in [-0.2, -0.15) is 9.97 Å². The molecule has 4 aromatic rings. The summed E-state index contributed by atoms with van der Waals surface area (Å²) >= 11 is 0. The average molecular weight is 576 g/mol. The number of non-ortho nitro benzene ring substituents is 1. The van der Waals surface area contributed by atoms with Crippen LogP contribution < -0.4 is 26.4 Å². The van der Waals surface area contributed by atoms with Gasteiger partial charge < -0.3 is 31.5 Å². The summed E-state index contributed by atoms with van der Waals surface area (Å²) in [7, 11) is 1.81. The largest absolute Gasteiger partial charge is 0.480 e. The fraction of sp³-hybridized carbons (Fsp3) is 0.192. The van der Waals surface area contributed by atoms with E-state index in [4.69, 9.17) is 16.2 Å². The van der Waals surface area contributed by atoms with Crippen LogP contribution in [-0.4, -0.2) is 60.9 Å². The maximum Gasteiger partial charge on any atom is 0.326 e. The Hall–Kier alpha value is -5.93. The Kier molecular flexibility index (Phi) is 8.65. The lowest BCUT2D eigenvalue weighted by Gasteiger charge is -2.19. The lowest BCUT2D eigenvalue weighted by molar-refractivity contribution is -0.384. The quantitative estimate of drug-likeness (QED) is 0.0861. The number of ether oxygens (including phenoxy) is 1. The highest BCUT2D eigenvalue weighted by Gasteiger charge is 2.22. The van der Waals surface area contributed by atoms with Crippen LogP contribution in [0.4, 0.5) is 23.1 Å². The van der Waals surface area contributed by atoms with Crippen LogP contribution in [0.25, 0.3) is 11.2 Å². The molecule has 0 saturated carbocycles. The number of carboxylic acids is 1. The summed E-state index contributed by atoms with van der Waals surface area (Å²) in [5.74, 6) is -2.54. The number of anilines is 3. The van der Waals surface area contributed by atoms with Crippen molar-refractivity contribution in [3.05, 3.63) is 76.1 Å². The number of hydrogen-bond acceptors (Lipinski definition) is 13. The summed E-state index contributed by atoms with van der Waals surface area (Å²) in [5.41, 5.74) is 13.4. The van der Waals surface area contributed by atoms with E-state index >= 15 is 0 Å². The first-order chi connectivity index (χ1) is 20.0. The number of benzene rings is 2. The minimum absolute atomic E-state index is 0.000146. The highest BCUT2D eigenvalue weighted by molar-refractivity contribution is 5.97. The van der Waals surface area contributed by atoms with Crippen LogP contribution in [0.3, 0.4) is 0 Å². The number of carbonyl (C=O) groups is 3. The summed E-state index contributed by atoms with van der Waals surface area (Å²) in [4.78, 5) is 65.1. The molecule has 0 saturated heterocycles. The van der Waals surface area contributed by atoms with Crippen LogP contribution in [-0.2, 0) is 16.1 Å². The Labute approximate surface area is 237 Å². The van der Waals surface area contributed by atoms with Crippen molar-refractivity contribution in [1.82, 2.24) is 25.3 Å². The number of nitrogens with zero attached hydrogens (tertiary/aromatic N) is 6. The predicted octanol–water partition coefficient (Wildman–Crippen LogP) is 1.70. The lowest BCUT2D eigenvalue weighted by Crippen LogP contribution is -2.41. The van der Waals surface area contributed by atoms with E-state index in [0.29, 0.717) is 17.8 Å². The standard InChI is InChI=1S/C26H25N9O7/c1-34(13-15-12-29-23-21(30-15)22(27)32-26(28)33-23)16-4-2-14(3-5-16)24(37)31-19(25(38)39)10-11-20(36)42-18-8-6-17(7-9-18)35(40)41/h2-9,12,19H,10-11,13H2,1H3,(H,31,37)(H,38,39)(H4,27,28,29,32,33)/t19-/m0/s1. The highest BCUT2D eigenvalue weighted by atomic mass is 16.6. The molecule has 2 heterocycles.